The van der Waals surface area contributed by atoms with E-state index in [1.807, 2.05) is 0 Å². The Morgan fingerprint density at radius 3 is 2.69 bits per heavy atom. The summed E-state index contributed by atoms with van der Waals surface area (Å²) in [6.45, 7) is 0. The van der Waals surface area contributed by atoms with Gasteiger partial charge in [0.1, 0.15) is 11.6 Å². The van der Waals surface area contributed by atoms with E-state index in [-0.39, 0.29) is 10.6 Å². The topological polar surface area (TPSA) is 87.2 Å². The van der Waals surface area contributed by atoms with Crippen molar-refractivity contribution in [3.8, 4) is 11.8 Å². The number of phenols is 1. The van der Waals surface area contributed by atoms with E-state index in [9.17, 15) is 10.1 Å². The zero-order valence-electron chi connectivity index (χ0n) is 6.19. The number of hydrogen-bond donors (Lipinski definition) is 1. The maximum atomic E-state index is 10.3. The first kappa shape index (κ1) is 9.29. The van der Waals surface area contributed by atoms with E-state index in [2.05, 4.69) is 0 Å². The lowest BCUT2D eigenvalue weighted by molar-refractivity contribution is -0.385. The Morgan fingerprint density at radius 1 is 1.62 bits per heavy atom. The summed E-state index contributed by atoms with van der Waals surface area (Å²) >= 11 is 5.48. The summed E-state index contributed by atoms with van der Waals surface area (Å²) in [5, 5.41) is 28.0. The molecule has 1 rings (SSSR count). The number of nitro groups is 1. The first-order valence-corrected chi connectivity index (χ1v) is 3.51. The summed E-state index contributed by atoms with van der Waals surface area (Å²) in [5.41, 5.74) is -0.775. The fourth-order valence-electron chi connectivity index (χ4n) is 0.809. The molecular weight excluding hydrogens is 196 g/mol. The summed E-state index contributed by atoms with van der Waals surface area (Å²) < 4.78 is 0. The van der Waals surface area contributed by atoms with E-state index in [1.54, 1.807) is 6.07 Å². The molecule has 1 aromatic carbocycles. The minimum atomic E-state index is -0.804. The van der Waals surface area contributed by atoms with Crippen LogP contribution in [-0.2, 0) is 0 Å². The van der Waals surface area contributed by atoms with Crippen LogP contribution >= 0.6 is 11.6 Å². The molecule has 13 heavy (non-hydrogen) atoms. The van der Waals surface area contributed by atoms with Gasteiger partial charge in [-0.25, -0.2) is 0 Å². The molecule has 5 nitrogen and oxygen atoms in total. The molecule has 0 saturated carbocycles. The Balaban J connectivity index is 3.47. The fourth-order valence-corrected chi connectivity index (χ4v) is 1.02. The van der Waals surface area contributed by atoms with Crippen molar-refractivity contribution < 1.29 is 10.0 Å². The van der Waals surface area contributed by atoms with Gasteiger partial charge in [-0.1, -0.05) is 11.6 Å². The van der Waals surface area contributed by atoms with Gasteiger partial charge in [0, 0.05) is 11.1 Å². The van der Waals surface area contributed by atoms with Gasteiger partial charge in [-0.05, 0) is 6.07 Å². The third kappa shape index (κ3) is 1.68. The monoisotopic (exact) mass is 198 g/mol. The highest BCUT2D eigenvalue weighted by molar-refractivity contribution is 6.31. The Labute approximate surface area is 77.9 Å². The lowest BCUT2D eigenvalue weighted by atomic mass is 10.2. The van der Waals surface area contributed by atoms with Crippen LogP contribution in [0.5, 0.6) is 5.75 Å². The molecule has 0 bridgehead atoms. The van der Waals surface area contributed by atoms with Gasteiger partial charge in [-0.3, -0.25) is 10.1 Å². The summed E-state index contributed by atoms with van der Waals surface area (Å²) in [6, 6.07) is 3.73. The molecule has 0 spiro atoms. The van der Waals surface area contributed by atoms with E-state index in [4.69, 9.17) is 22.0 Å². The van der Waals surface area contributed by atoms with Crippen LogP contribution in [0.15, 0.2) is 12.1 Å². The van der Waals surface area contributed by atoms with Crippen molar-refractivity contribution in [1.82, 2.24) is 0 Å². The second kappa shape index (κ2) is 3.29. The number of nitriles is 1. The Morgan fingerprint density at radius 2 is 2.23 bits per heavy atom. The van der Waals surface area contributed by atoms with Gasteiger partial charge in [-0.15, -0.1) is 0 Å². The average Bonchev–Trinajstić information content (AvgIpc) is 2.08. The molecule has 0 saturated heterocycles. The Bertz CT molecular complexity index is 411. The maximum Gasteiger partial charge on any atom is 0.313 e. The molecule has 66 valence electrons. The zero-order chi connectivity index (χ0) is 10.0. The summed E-state index contributed by atoms with van der Waals surface area (Å²) in [5.74, 6) is -0.656. The number of rotatable bonds is 1. The molecular formula is C7H3ClN2O3. The predicted octanol–water partition coefficient (Wildman–Crippen LogP) is 1.83. The summed E-state index contributed by atoms with van der Waals surface area (Å²) in [6.07, 6.45) is 0. The Hall–Kier alpha value is -1.80. The fraction of sp³-hybridized carbons (Fsp3) is 0. The van der Waals surface area contributed by atoms with Gasteiger partial charge in [-0.2, -0.15) is 5.26 Å². The highest BCUT2D eigenvalue weighted by atomic mass is 35.5. The smallest absolute Gasteiger partial charge is 0.313 e. The molecule has 0 amide bonds. The van der Waals surface area contributed by atoms with Crippen LogP contribution in [0.2, 0.25) is 5.02 Å². The number of aromatic hydroxyl groups is 1. The molecule has 0 heterocycles. The SMILES string of the molecule is N#Cc1cc(Cl)cc([N+](=O)[O-])c1O. The van der Waals surface area contributed by atoms with Crippen LogP contribution in [-0.4, -0.2) is 10.0 Å². The quantitative estimate of drug-likeness (QED) is 0.551. The molecule has 6 heteroatoms. The first-order chi connectivity index (χ1) is 6.06. The molecule has 0 radical (unpaired) electrons. The van der Waals surface area contributed by atoms with E-state index in [0.29, 0.717) is 0 Å². The minimum Gasteiger partial charge on any atom is -0.501 e. The highest BCUT2D eigenvalue weighted by Crippen LogP contribution is 2.32. The molecule has 0 fully saturated rings. The molecule has 0 aliphatic heterocycles. The third-order valence-electron chi connectivity index (χ3n) is 1.37. The van der Waals surface area contributed by atoms with E-state index in [1.165, 1.54) is 0 Å². The predicted molar refractivity (Wildman–Crippen MR) is 44.5 cm³/mol. The van der Waals surface area contributed by atoms with Gasteiger partial charge < -0.3 is 5.11 Å². The van der Waals surface area contributed by atoms with Crippen molar-refractivity contribution in [2.24, 2.45) is 0 Å². The molecule has 0 aliphatic rings. The van der Waals surface area contributed by atoms with Crippen molar-refractivity contribution in [2.75, 3.05) is 0 Å². The third-order valence-corrected chi connectivity index (χ3v) is 1.59. The van der Waals surface area contributed by atoms with E-state index < -0.39 is 16.4 Å². The van der Waals surface area contributed by atoms with Gasteiger partial charge in [0.15, 0.2) is 0 Å². The van der Waals surface area contributed by atoms with Crippen LogP contribution in [0.25, 0.3) is 0 Å². The lowest BCUT2D eigenvalue weighted by Crippen LogP contribution is -1.90. The zero-order valence-corrected chi connectivity index (χ0v) is 6.95. The highest BCUT2D eigenvalue weighted by Gasteiger charge is 2.18. The molecule has 0 aromatic heterocycles. The molecule has 1 N–H and O–H groups in total. The van der Waals surface area contributed by atoms with Crippen LogP contribution in [0.1, 0.15) is 5.56 Å². The summed E-state index contributed by atoms with van der Waals surface area (Å²) in [7, 11) is 0. The van der Waals surface area contributed by atoms with Crippen LogP contribution < -0.4 is 0 Å². The largest absolute Gasteiger partial charge is 0.501 e. The normalized spacial score (nSPS) is 9.23. The van der Waals surface area contributed by atoms with Crippen molar-refractivity contribution in [2.45, 2.75) is 0 Å². The van der Waals surface area contributed by atoms with Crippen molar-refractivity contribution in [1.29, 1.82) is 5.26 Å². The van der Waals surface area contributed by atoms with E-state index in [0.717, 1.165) is 12.1 Å². The van der Waals surface area contributed by atoms with Gasteiger partial charge in [0.2, 0.25) is 5.75 Å². The van der Waals surface area contributed by atoms with Crippen molar-refractivity contribution in [3.63, 3.8) is 0 Å². The van der Waals surface area contributed by atoms with Gasteiger partial charge in [0.25, 0.3) is 0 Å². The number of nitrogens with zero attached hydrogens (tertiary/aromatic N) is 2. The van der Waals surface area contributed by atoms with Crippen LogP contribution in [0.4, 0.5) is 5.69 Å². The molecule has 0 unspecified atom stereocenters. The lowest BCUT2D eigenvalue weighted by Gasteiger charge is -1.98. The minimum absolute atomic E-state index is 0.0426. The summed E-state index contributed by atoms with van der Waals surface area (Å²) in [4.78, 5) is 9.52. The first-order valence-electron chi connectivity index (χ1n) is 3.13. The standard InChI is InChI=1S/C7H3ClN2O3/c8-5-1-4(3-9)7(11)6(2-5)10(12)13/h1-2,11H. The second-order valence-electron chi connectivity index (χ2n) is 2.19. The number of benzene rings is 1. The maximum absolute atomic E-state index is 10.3. The van der Waals surface area contributed by atoms with Crippen LogP contribution in [0, 0.1) is 21.4 Å². The average molecular weight is 199 g/mol. The number of hydrogen-bond acceptors (Lipinski definition) is 4. The second-order valence-corrected chi connectivity index (χ2v) is 2.63. The van der Waals surface area contributed by atoms with Crippen molar-refractivity contribution in [3.05, 3.63) is 32.8 Å². The molecule has 0 aliphatic carbocycles. The number of halogens is 1. The van der Waals surface area contributed by atoms with Gasteiger partial charge >= 0.3 is 5.69 Å². The molecule has 0 atom stereocenters. The number of phenolic OH excluding ortho intramolecular Hbond substituents is 1. The molecule has 1 aromatic rings. The van der Waals surface area contributed by atoms with Crippen molar-refractivity contribution >= 4 is 17.3 Å². The van der Waals surface area contributed by atoms with E-state index >= 15 is 0 Å². The number of nitro benzene ring substituents is 1. The van der Waals surface area contributed by atoms with Crippen LogP contribution in [0.3, 0.4) is 0 Å². The Kier molecular flexibility index (Phi) is 2.35. The van der Waals surface area contributed by atoms with Gasteiger partial charge in [0.05, 0.1) is 4.92 Å².